The Morgan fingerprint density at radius 1 is 1.21 bits per heavy atom. The van der Waals surface area contributed by atoms with Crippen molar-refractivity contribution >= 4 is 11.6 Å². The first-order valence-corrected chi connectivity index (χ1v) is 7.12. The van der Waals surface area contributed by atoms with Crippen molar-refractivity contribution in [3.63, 3.8) is 0 Å². The second-order valence-electron chi connectivity index (χ2n) is 5.23. The molecular formula is C14H24N4O. The first-order chi connectivity index (χ1) is 9.18. The first-order valence-electron chi connectivity index (χ1n) is 7.12. The topological polar surface area (TPSA) is 59.1 Å². The molecule has 0 aromatic carbocycles. The summed E-state index contributed by atoms with van der Waals surface area (Å²) in [5.74, 6) is 1.90. The Hall–Kier alpha value is -1.36. The van der Waals surface area contributed by atoms with Crippen molar-refractivity contribution in [1.29, 1.82) is 0 Å². The number of nitrogens with zero attached hydrogens (tertiary/aromatic N) is 2. The van der Waals surface area contributed by atoms with Gasteiger partial charge in [-0.25, -0.2) is 9.97 Å². The molecule has 1 saturated heterocycles. The molecule has 2 heterocycles. The number of aromatic nitrogens is 2. The summed E-state index contributed by atoms with van der Waals surface area (Å²) < 4.78 is 5.44. The molecule has 2 rings (SSSR count). The maximum absolute atomic E-state index is 5.44. The molecule has 1 aliphatic heterocycles. The van der Waals surface area contributed by atoms with Crippen LogP contribution >= 0.6 is 0 Å². The first kappa shape index (κ1) is 14.1. The van der Waals surface area contributed by atoms with Crippen molar-refractivity contribution in [2.24, 2.45) is 0 Å². The van der Waals surface area contributed by atoms with Gasteiger partial charge in [0.25, 0.3) is 0 Å². The zero-order valence-electron chi connectivity index (χ0n) is 12.1. The van der Waals surface area contributed by atoms with Crippen LogP contribution in [-0.2, 0) is 11.2 Å². The zero-order valence-corrected chi connectivity index (χ0v) is 12.1. The van der Waals surface area contributed by atoms with Crippen molar-refractivity contribution in [2.45, 2.75) is 45.6 Å². The molecule has 0 amide bonds. The smallest absolute Gasteiger partial charge is 0.135 e. The predicted octanol–water partition coefficient (Wildman–Crippen LogP) is 2.45. The number of hydrogen-bond donors (Lipinski definition) is 2. The Balaban J connectivity index is 2.21. The predicted molar refractivity (Wildman–Crippen MR) is 77.7 cm³/mol. The van der Waals surface area contributed by atoms with Crippen LogP contribution in [0.1, 0.15) is 39.2 Å². The highest BCUT2D eigenvalue weighted by atomic mass is 16.5. The molecule has 0 bridgehead atoms. The highest BCUT2D eigenvalue weighted by Gasteiger charge is 2.28. The molecule has 0 unspecified atom stereocenters. The van der Waals surface area contributed by atoms with Gasteiger partial charge in [-0.05, 0) is 33.1 Å². The van der Waals surface area contributed by atoms with Crippen LogP contribution in [0, 0.1) is 0 Å². The van der Waals surface area contributed by atoms with E-state index in [1.807, 2.05) is 0 Å². The van der Waals surface area contributed by atoms with Gasteiger partial charge in [0, 0.05) is 30.9 Å². The lowest BCUT2D eigenvalue weighted by Gasteiger charge is -2.35. The van der Waals surface area contributed by atoms with Gasteiger partial charge in [-0.2, -0.15) is 0 Å². The van der Waals surface area contributed by atoms with E-state index >= 15 is 0 Å². The van der Waals surface area contributed by atoms with Gasteiger partial charge in [0.2, 0.25) is 0 Å². The number of nitrogens with one attached hydrogen (secondary N) is 2. The lowest BCUT2D eigenvalue weighted by Crippen LogP contribution is -2.41. The number of hydrogen-bond acceptors (Lipinski definition) is 5. The number of rotatable bonds is 5. The Labute approximate surface area is 115 Å². The summed E-state index contributed by atoms with van der Waals surface area (Å²) >= 11 is 0. The van der Waals surface area contributed by atoms with Crippen molar-refractivity contribution < 1.29 is 4.74 Å². The molecule has 5 nitrogen and oxygen atoms in total. The van der Waals surface area contributed by atoms with Crippen molar-refractivity contribution in [1.82, 2.24) is 9.97 Å². The SMILES string of the molecule is CCNc1ncnc(NC2(C)CCOCC2)c1CC. The van der Waals surface area contributed by atoms with Gasteiger partial charge in [-0.1, -0.05) is 6.92 Å². The molecule has 5 heteroatoms. The quantitative estimate of drug-likeness (QED) is 0.855. The van der Waals surface area contributed by atoms with Gasteiger partial charge in [-0.3, -0.25) is 0 Å². The third kappa shape index (κ3) is 3.35. The Kier molecular flexibility index (Phi) is 4.58. The fourth-order valence-electron chi connectivity index (χ4n) is 2.41. The lowest BCUT2D eigenvalue weighted by molar-refractivity contribution is 0.0657. The van der Waals surface area contributed by atoms with Gasteiger partial charge in [0.05, 0.1) is 0 Å². The molecule has 0 saturated carbocycles. The third-order valence-corrected chi connectivity index (χ3v) is 3.66. The van der Waals surface area contributed by atoms with Crippen molar-refractivity contribution in [3.05, 3.63) is 11.9 Å². The van der Waals surface area contributed by atoms with E-state index in [0.29, 0.717) is 0 Å². The van der Waals surface area contributed by atoms with Crippen LogP contribution in [0.15, 0.2) is 6.33 Å². The van der Waals surface area contributed by atoms with E-state index < -0.39 is 0 Å². The van der Waals surface area contributed by atoms with Crippen LogP contribution in [0.2, 0.25) is 0 Å². The summed E-state index contributed by atoms with van der Waals surface area (Å²) in [5.41, 5.74) is 1.23. The summed E-state index contributed by atoms with van der Waals surface area (Å²) in [6.07, 6.45) is 4.56. The Bertz CT molecular complexity index is 416. The van der Waals surface area contributed by atoms with Crippen LogP contribution in [0.5, 0.6) is 0 Å². The van der Waals surface area contributed by atoms with E-state index in [0.717, 1.165) is 56.2 Å². The van der Waals surface area contributed by atoms with Gasteiger partial charge >= 0.3 is 0 Å². The molecule has 0 spiro atoms. The van der Waals surface area contributed by atoms with Crippen molar-refractivity contribution in [2.75, 3.05) is 30.4 Å². The van der Waals surface area contributed by atoms with Gasteiger partial charge in [-0.15, -0.1) is 0 Å². The number of anilines is 2. The van der Waals surface area contributed by atoms with E-state index in [1.165, 1.54) is 0 Å². The fraction of sp³-hybridized carbons (Fsp3) is 0.714. The Morgan fingerprint density at radius 2 is 1.89 bits per heavy atom. The normalized spacial score (nSPS) is 18.1. The molecular weight excluding hydrogens is 240 g/mol. The highest BCUT2D eigenvalue weighted by molar-refractivity contribution is 5.58. The van der Waals surface area contributed by atoms with E-state index in [-0.39, 0.29) is 5.54 Å². The maximum atomic E-state index is 5.44. The molecule has 19 heavy (non-hydrogen) atoms. The van der Waals surface area contributed by atoms with Crippen LogP contribution in [0.3, 0.4) is 0 Å². The van der Waals surface area contributed by atoms with Crippen LogP contribution in [0.4, 0.5) is 11.6 Å². The molecule has 0 atom stereocenters. The minimum absolute atomic E-state index is 0.0695. The largest absolute Gasteiger partial charge is 0.381 e. The third-order valence-electron chi connectivity index (χ3n) is 3.66. The standard InChI is InChI=1S/C14H24N4O/c1-4-11-12(15-5-2)16-10-17-13(11)18-14(3)6-8-19-9-7-14/h10H,4-9H2,1-3H3,(H2,15,16,17,18). The molecule has 0 aliphatic carbocycles. The van der Waals surface area contributed by atoms with E-state index in [2.05, 4.69) is 41.4 Å². The van der Waals surface area contributed by atoms with Crippen LogP contribution < -0.4 is 10.6 Å². The maximum Gasteiger partial charge on any atom is 0.135 e. The summed E-state index contributed by atoms with van der Waals surface area (Å²) in [4.78, 5) is 8.76. The number of ether oxygens (including phenoxy) is 1. The zero-order chi connectivity index (χ0) is 13.7. The van der Waals surface area contributed by atoms with Crippen LogP contribution in [0.25, 0.3) is 0 Å². The average molecular weight is 264 g/mol. The van der Waals surface area contributed by atoms with Gasteiger partial charge in [0.1, 0.15) is 18.0 Å². The summed E-state index contributed by atoms with van der Waals surface area (Å²) in [5, 5.41) is 6.91. The van der Waals surface area contributed by atoms with Crippen LogP contribution in [-0.4, -0.2) is 35.3 Å². The molecule has 2 N–H and O–H groups in total. The molecule has 106 valence electrons. The summed E-state index contributed by atoms with van der Waals surface area (Å²) in [7, 11) is 0. The minimum atomic E-state index is 0.0695. The Morgan fingerprint density at radius 3 is 2.53 bits per heavy atom. The fourth-order valence-corrected chi connectivity index (χ4v) is 2.41. The molecule has 1 fully saturated rings. The van der Waals surface area contributed by atoms with Gasteiger partial charge in [0.15, 0.2) is 0 Å². The minimum Gasteiger partial charge on any atom is -0.381 e. The van der Waals surface area contributed by atoms with E-state index in [4.69, 9.17) is 4.74 Å². The molecule has 1 aliphatic rings. The van der Waals surface area contributed by atoms with Gasteiger partial charge < -0.3 is 15.4 Å². The van der Waals surface area contributed by atoms with Crippen molar-refractivity contribution in [3.8, 4) is 0 Å². The summed E-state index contributed by atoms with van der Waals surface area (Å²) in [6.45, 7) is 8.95. The van der Waals surface area contributed by atoms with E-state index in [9.17, 15) is 0 Å². The molecule has 1 aromatic rings. The average Bonchev–Trinajstić information content (AvgIpc) is 2.40. The second kappa shape index (κ2) is 6.19. The molecule has 0 radical (unpaired) electrons. The summed E-state index contributed by atoms with van der Waals surface area (Å²) in [6, 6.07) is 0. The second-order valence-corrected chi connectivity index (χ2v) is 5.23. The molecule has 1 aromatic heterocycles. The highest BCUT2D eigenvalue weighted by Crippen LogP contribution is 2.28. The monoisotopic (exact) mass is 264 g/mol. The lowest BCUT2D eigenvalue weighted by atomic mass is 9.92. The van der Waals surface area contributed by atoms with E-state index in [1.54, 1.807) is 6.33 Å².